The van der Waals surface area contributed by atoms with E-state index in [-0.39, 0.29) is 6.04 Å². The topological polar surface area (TPSA) is 74.4 Å². The lowest BCUT2D eigenvalue weighted by Gasteiger charge is -2.21. The molecule has 0 aromatic carbocycles. The largest absolute Gasteiger partial charge is 0.380 e. The average molecular weight is 273 g/mol. The highest BCUT2D eigenvalue weighted by atomic mass is 32.2. The Hall–Kier alpha value is -0.890. The van der Waals surface area contributed by atoms with Gasteiger partial charge in [-0.2, -0.15) is 4.31 Å². The first-order valence-corrected chi connectivity index (χ1v) is 7.37. The minimum atomic E-state index is -3.43. The summed E-state index contributed by atoms with van der Waals surface area (Å²) in [5.74, 6) is 0. The van der Waals surface area contributed by atoms with Crippen LogP contribution in [0.5, 0.6) is 0 Å². The Bertz CT molecular complexity index is 491. The summed E-state index contributed by atoms with van der Waals surface area (Å²) in [6.07, 6.45) is 2.29. The number of ether oxygens (including phenoxy) is 1. The fraction of sp³-hybridized carbons (Fsp3) is 0.636. The molecule has 2 rings (SSSR count). The number of aromatic amines is 1. The predicted molar refractivity (Wildman–Crippen MR) is 67.7 cm³/mol. The van der Waals surface area contributed by atoms with Gasteiger partial charge in [-0.05, 0) is 19.5 Å². The van der Waals surface area contributed by atoms with Gasteiger partial charge in [0.1, 0.15) is 0 Å². The zero-order chi connectivity index (χ0) is 13.2. The lowest BCUT2D eigenvalue weighted by molar-refractivity contribution is 0.181. The van der Waals surface area contributed by atoms with E-state index in [1.165, 1.54) is 10.5 Å². The number of nitrogens with zero attached hydrogens (tertiary/aromatic N) is 1. The summed E-state index contributed by atoms with van der Waals surface area (Å²) in [5.41, 5.74) is 0.854. The summed E-state index contributed by atoms with van der Waals surface area (Å²) < 4.78 is 31.4. The summed E-state index contributed by atoms with van der Waals surface area (Å²) in [4.78, 5) is 3.27. The Morgan fingerprint density at radius 2 is 2.39 bits per heavy atom. The van der Waals surface area contributed by atoms with Crippen molar-refractivity contribution in [2.75, 3.05) is 27.3 Å². The van der Waals surface area contributed by atoms with Crippen LogP contribution in [-0.4, -0.2) is 51.1 Å². The van der Waals surface area contributed by atoms with Crippen LogP contribution in [0.1, 0.15) is 12.1 Å². The summed E-state index contributed by atoms with van der Waals surface area (Å²) >= 11 is 0. The second kappa shape index (κ2) is 5.40. The first-order valence-electron chi connectivity index (χ1n) is 5.93. The smallest absolute Gasteiger partial charge is 0.244 e. The molecule has 1 aromatic rings. The van der Waals surface area contributed by atoms with Crippen molar-refractivity contribution in [1.82, 2.24) is 14.6 Å². The van der Waals surface area contributed by atoms with Gasteiger partial charge in [0.15, 0.2) is 0 Å². The van der Waals surface area contributed by atoms with E-state index < -0.39 is 10.0 Å². The van der Waals surface area contributed by atoms with Crippen molar-refractivity contribution in [2.24, 2.45) is 0 Å². The number of H-pyrrole nitrogens is 1. The van der Waals surface area contributed by atoms with E-state index in [0.717, 1.165) is 12.1 Å². The summed E-state index contributed by atoms with van der Waals surface area (Å²) in [7, 11) is 0.00143. The highest BCUT2D eigenvalue weighted by Crippen LogP contribution is 2.21. The fourth-order valence-corrected chi connectivity index (χ4v) is 3.42. The van der Waals surface area contributed by atoms with E-state index in [4.69, 9.17) is 4.74 Å². The quantitative estimate of drug-likeness (QED) is 0.800. The van der Waals surface area contributed by atoms with Crippen molar-refractivity contribution in [1.29, 1.82) is 0 Å². The molecule has 1 saturated heterocycles. The SMILES string of the molecule is CNCc1cc(S(=O)(=O)N(C)C2CCOC2)c[nH]1. The molecule has 0 bridgehead atoms. The first-order chi connectivity index (χ1) is 8.55. The van der Waals surface area contributed by atoms with Crippen LogP contribution >= 0.6 is 0 Å². The molecule has 2 N–H and O–H groups in total. The van der Waals surface area contributed by atoms with Gasteiger partial charge in [-0.1, -0.05) is 0 Å². The second-order valence-corrected chi connectivity index (χ2v) is 6.43. The maximum absolute atomic E-state index is 12.4. The van der Waals surface area contributed by atoms with E-state index in [1.54, 1.807) is 13.1 Å². The van der Waals surface area contributed by atoms with Crippen molar-refractivity contribution in [2.45, 2.75) is 23.9 Å². The maximum Gasteiger partial charge on any atom is 0.244 e. The predicted octanol–water partition coefficient (Wildman–Crippen LogP) is 0.144. The molecule has 6 nitrogen and oxygen atoms in total. The average Bonchev–Trinajstić information content (AvgIpc) is 2.99. The number of hydrogen-bond donors (Lipinski definition) is 2. The lowest BCUT2D eigenvalue weighted by atomic mass is 10.3. The highest BCUT2D eigenvalue weighted by molar-refractivity contribution is 7.89. The Morgan fingerprint density at radius 1 is 1.61 bits per heavy atom. The van der Waals surface area contributed by atoms with Gasteiger partial charge < -0.3 is 15.0 Å². The summed E-state index contributed by atoms with van der Waals surface area (Å²) in [6, 6.07) is 1.61. The first kappa shape index (κ1) is 13.5. The number of rotatable bonds is 5. The minimum Gasteiger partial charge on any atom is -0.380 e. The third-order valence-electron chi connectivity index (χ3n) is 3.18. The molecule has 0 amide bonds. The van der Waals surface area contributed by atoms with Gasteiger partial charge in [0.2, 0.25) is 10.0 Å². The molecule has 1 atom stereocenters. The summed E-state index contributed by atoms with van der Waals surface area (Å²) in [6.45, 7) is 1.72. The number of likely N-dealkylation sites (N-methyl/N-ethyl adjacent to an activating group) is 1. The Balaban J connectivity index is 2.18. The summed E-state index contributed by atoms with van der Waals surface area (Å²) in [5, 5.41) is 2.97. The van der Waals surface area contributed by atoms with Gasteiger partial charge >= 0.3 is 0 Å². The normalized spacial score (nSPS) is 20.7. The molecule has 102 valence electrons. The van der Waals surface area contributed by atoms with Crippen LogP contribution in [0.25, 0.3) is 0 Å². The fourth-order valence-electron chi connectivity index (χ4n) is 2.03. The zero-order valence-electron chi connectivity index (χ0n) is 10.6. The zero-order valence-corrected chi connectivity index (χ0v) is 11.5. The molecule has 0 spiro atoms. The maximum atomic E-state index is 12.4. The van der Waals surface area contributed by atoms with Crippen LogP contribution in [0.2, 0.25) is 0 Å². The molecule has 0 saturated carbocycles. The molecular formula is C11H19N3O3S. The standard InChI is InChI=1S/C11H19N3O3S/c1-12-6-9-5-11(7-13-9)18(15,16)14(2)10-3-4-17-8-10/h5,7,10,12-13H,3-4,6,8H2,1-2H3. The van der Waals surface area contributed by atoms with Crippen molar-refractivity contribution in [3.63, 3.8) is 0 Å². The van der Waals surface area contributed by atoms with Crippen molar-refractivity contribution < 1.29 is 13.2 Å². The van der Waals surface area contributed by atoms with E-state index in [9.17, 15) is 8.42 Å². The van der Waals surface area contributed by atoms with Gasteiger partial charge in [0.05, 0.1) is 17.5 Å². The van der Waals surface area contributed by atoms with Gasteiger partial charge in [-0.15, -0.1) is 0 Å². The molecule has 2 heterocycles. The van der Waals surface area contributed by atoms with Crippen LogP contribution in [-0.2, 0) is 21.3 Å². The van der Waals surface area contributed by atoms with E-state index in [2.05, 4.69) is 10.3 Å². The van der Waals surface area contributed by atoms with Crippen LogP contribution in [0, 0.1) is 0 Å². The molecule has 1 aliphatic rings. The van der Waals surface area contributed by atoms with Crippen LogP contribution < -0.4 is 5.32 Å². The number of sulfonamides is 1. The van der Waals surface area contributed by atoms with Crippen molar-refractivity contribution >= 4 is 10.0 Å². The third kappa shape index (κ3) is 2.59. The van der Waals surface area contributed by atoms with Crippen molar-refractivity contribution in [3.05, 3.63) is 18.0 Å². The second-order valence-electron chi connectivity index (χ2n) is 4.43. The molecule has 1 unspecified atom stereocenters. The Labute approximate surface area is 107 Å². The van der Waals surface area contributed by atoms with Crippen LogP contribution in [0.15, 0.2) is 17.2 Å². The Kier molecular flexibility index (Phi) is 4.06. The van der Waals surface area contributed by atoms with E-state index in [0.29, 0.717) is 24.7 Å². The van der Waals surface area contributed by atoms with Crippen LogP contribution in [0.3, 0.4) is 0 Å². The number of aromatic nitrogens is 1. The third-order valence-corrected chi connectivity index (χ3v) is 5.07. The monoisotopic (exact) mass is 273 g/mol. The Morgan fingerprint density at radius 3 is 3.00 bits per heavy atom. The molecule has 7 heteroatoms. The van der Waals surface area contributed by atoms with Crippen LogP contribution in [0.4, 0.5) is 0 Å². The van der Waals surface area contributed by atoms with Gasteiger partial charge in [-0.3, -0.25) is 0 Å². The lowest BCUT2D eigenvalue weighted by Crippen LogP contribution is -2.37. The minimum absolute atomic E-state index is 0.0577. The number of hydrogen-bond acceptors (Lipinski definition) is 4. The molecule has 18 heavy (non-hydrogen) atoms. The highest BCUT2D eigenvalue weighted by Gasteiger charge is 2.31. The van der Waals surface area contributed by atoms with E-state index in [1.807, 2.05) is 7.05 Å². The molecule has 1 aromatic heterocycles. The van der Waals surface area contributed by atoms with Crippen molar-refractivity contribution in [3.8, 4) is 0 Å². The molecule has 1 aliphatic heterocycles. The van der Waals surface area contributed by atoms with E-state index >= 15 is 0 Å². The molecule has 1 fully saturated rings. The van der Waals surface area contributed by atoms with Gasteiger partial charge in [0.25, 0.3) is 0 Å². The number of nitrogens with one attached hydrogen (secondary N) is 2. The van der Waals surface area contributed by atoms with Gasteiger partial charge in [0, 0.05) is 32.1 Å². The van der Waals surface area contributed by atoms with Gasteiger partial charge in [-0.25, -0.2) is 8.42 Å². The molecule has 0 aliphatic carbocycles. The molecule has 0 radical (unpaired) electrons. The molecular weight excluding hydrogens is 254 g/mol.